The monoisotopic (exact) mass is 332 g/mol. The molecule has 23 heavy (non-hydrogen) atoms. The highest BCUT2D eigenvalue weighted by atomic mass is 19.2. The van der Waals surface area contributed by atoms with E-state index in [4.69, 9.17) is 4.74 Å². The van der Waals surface area contributed by atoms with Crippen molar-refractivity contribution in [3.63, 3.8) is 0 Å². The van der Waals surface area contributed by atoms with Crippen LogP contribution in [0.3, 0.4) is 0 Å². The third-order valence-electron chi connectivity index (χ3n) is 2.80. The van der Waals surface area contributed by atoms with Gasteiger partial charge in [-0.2, -0.15) is 5.10 Å². The number of phenols is 1. The Hall–Kier alpha value is -2.84. The van der Waals surface area contributed by atoms with E-state index in [9.17, 15) is 27.1 Å². The summed E-state index contributed by atoms with van der Waals surface area (Å²) in [5.41, 5.74) is 0.829. The standard InChI is InChI=1S/C14H9F5N2O2/c1-23-8-4-6(2-3-7(8)22)5-20-21-14-12(18)10(16)9(15)11(17)13(14)19/h2-5,21-22H,1H3. The number of benzene rings is 2. The van der Waals surface area contributed by atoms with Crippen molar-refractivity contribution in [2.24, 2.45) is 5.10 Å². The molecule has 0 atom stereocenters. The molecular formula is C14H9F5N2O2. The van der Waals surface area contributed by atoms with Crippen molar-refractivity contribution in [1.29, 1.82) is 0 Å². The van der Waals surface area contributed by atoms with Crippen molar-refractivity contribution in [3.05, 3.63) is 52.8 Å². The van der Waals surface area contributed by atoms with Crippen molar-refractivity contribution < 1.29 is 31.8 Å². The number of ether oxygens (including phenoxy) is 1. The average Bonchev–Trinajstić information content (AvgIpc) is 2.55. The maximum atomic E-state index is 13.4. The number of nitrogens with zero attached hydrogens (tertiary/aromatic N) is 1. The van der Waals surface area contributed by atoms with E-state index >= 15 is 0 Å². The first-order valence-corrected chi connectivity index (χ1v) is 6.04. The van der Waals surface area contributed by atoms with E-state index in [1.54, 1.807) is 5.43 Å². The number of hydrogen-bond acceptors (Lipinski definition) is 4. The quantitative estimate of drug-likeness (QED) is 0.296. The summed E-state index contributed by atoms with van der Waals surface area (Å²) in [5, 5.41) is 12.8. The Balaban J connectivity index is 2.28. The van der Waals surface area contributed by atoms with Crippen LogP contribution < -0.4 is 10.2 Å². The number of hydrogen-bond donors (Lipinski definition) is 2. The highest BCUT2D eigenvalue weighted by Gasteiger charge is 2.25. The molecule has 0 saturated heterocycles. The molecule has 0 aliphatic rings. The van der Waals surface area contributed by atoms with E-state index in [1.165, 1.54) is 25.3 Å². The molecule has 2 rings (SSSR count). The molecule has 0 aromatic heterocycles. The zero-order valence-electron chi connectivity index (χ0n) is 11.5. The maximum Gasteiger partial charge on any atom is 0.200 e. The molecule has 9 heteroatoms. The van der Waals surface area contributed by atoms with Crippen LogP contribution in [0.4, 0.5) is 27.6 Å². The fraction of sp³-hybridized carbons (Fsp3) is 0.0714. The van der Waals surface area contributed by atoms with E-state index in [1.807, 2.05) is 0 Å². The van der Waals surface area contributed by atoms with Crippen molar-refractivity contribution in [2.75, 3.05) is 12.5 Å². The van der Waals surface area contributed by atoms with Crippen LogP contribution in [-0.2, 0) is 0 Å². The molecule has 122 valence electrons. The van der Waals surface area contributed by atoms with Crippen LogP contribution in [0, 0.1) is 29.1 Å². The zero-order valence-corrected chi connectivity index (χ0v) is 11.5. The molecule has 2 N–H and O–H groups in total. The van der Waals surface area contributed by atoms with Gasteiger partial charge in [0.15, 0.2) is 34.8 Å². The number of hydrazone groups is 1. The van der Waals surface area contributed by atoms with Gasteiger partial charge in [0, 0.05) is 0 Å². The number of phenolic OH excluding ortho intramolecular Hbond substituents is 1. The van der Waals surface area contributed by atoms with Crippen LogP contribution >= 0.6 is 0 Å². The summed E-state index contributed by atoms with van der Waals surface area (Å²) >= 11 is 0. The number of methoxy groups -OCH3 is 1. The molecule has 0 saturated carbocycles. The molecular weight excluding hydrogens is 323 g/mol. The smallest absolute Gasteiger partial charge is 0.200 e. The van der Waals surface area contributed by atoms with Gasteiger partial charge >= 0.3 is 0 Å². The van der Waals surface area contributed by atoms with Crippen LogP contribution in [0.1, 0.15) is 5.56 Å². The van der Waals surface area contributed by atoms with Gasteiger partial charge in [-0.15, -0.1) is 0 Å². The summed E-state index contributed by atoms with van der Waals surface area (Å²) < 4.78 is 70.5. The summed E-state index contributed by atoms with van der Waals surface area (Å²) in [4.78, 5) is 0. The minimum atomic E-state index is -2.25. The third-order valence-corrected chi connectivity index (χ3v) is 2.80. The summed E-state index contributed by atoms with van der Waals surface area (Å²) in [6.07, 6.45) is 1.04. The molecule has 0 spiro atoms. The summed E-state index contributed by atoms with van der Waals surface area (Å²) in [7, 11) is 1.31. The highest BCUT2D eigenvalue weighted by Crippen LogP contribution is 2.27. The Morgan fingerprint density at radius 1 is 1.00 bits per heavy atom. The van der Waals surface area contributed by atoms with E-state index in [-0.39, 0.29) is 11.5 Å². The van der Waals surface area contributed by atoms with Gasteiger partial charge in [-0.1, -0.05) is 0 Å². The fourth-order valence-electron chi connectivity index (χ4n) is 1.65. The van der Waals surface area contributed by atoms with Crippen LogP contribution in [0.2, 0.25) is 0 Å². The Bertz CT molecular complexity index is 751. The lowest BCUT2D eigenvalue weighted by Gasteiger charge is -2.07. The second kappa shape index (κ2) is 6.51. The summed E-state index contributed by atoms with van der Waals surface area (Å²) in [5.74, 6) is -10.5. The average molecular weight is 332 g/mol. The number of halogens is 5. The molecule has 2 aromatic carbocycles. The van der Waals surface area contributed by atoms with Crippen molar-refractivity contribution in [2.45, 2.75) is 0 Å². The number of anilines is 1. The minimum absolute atomic E-state index is 0.116. The van der Waals surface area contributed by atoms with E-state index in [0.29, 0.717) is 5.56 Å². The Morgan fingerprint density at radius 3 is 2.13 bits per heavy atom. The van der Waals surface area contributed by atoms with Gasteiger partial charge in [0.25, 0.3) is 0 Å². The van der Waals surface area contributed by atoms with Crippen LogP contribution in [0.25, 0.3) is 0 Å². The minimum Gasteiger partial charge on any atom is -0.504 e. The molecule has 2 aromatic rings. The lowest BCUT2D eigenvalue weighted by molar-refractivity contribution is 0.373. The van der Waals surface area contributed by atoms with Crippen LogP contribution in [0.5, 0.6) is 11.5 Å². The van der Waals surface area contributed by atoms with Gasteiger partial charge in [0.2, 0.25) is 5.82 Å². The molecule has 0 bridgehead atoms. The highest BCUT2D eigenvalue weighted by molar-refractivity contribution is 5.81. The maximum absolute atomic E-state index is 13.4. The fourth-order valence-corrected chi connectivity index (χ4v) is 1.65. The van der Waals surface area contributed by atoms with Gasteiger partial charge in [-0.3, -0.25) is 5.43 Å². The summed E-state index contributed by atoms with van der Waals surface area (Å²) in [6.45, 7) is 0. The Morgan fingerprint density at radius 2 is 1.57 bits per heavy atom. The lowest BCUT2D eigenvalue weighted by atomic mass is 10.2. The van der Waals surface area contributed by atoms with Crippen molar-refractivity contribution in [3.8, 4) is 11.5 Å². The SMILES string of the molecule is COc1cc(C=NNc2c(F)c(F)c(F)c(F)c2F)ccc1O. The molecule has 0 heterocycles. The van der Waals surface area contributed by atoms with Gasteiger partial charge in [0.05, 0.1) is 13.3 Å². The predicted molar refractivity (Wildman–Crippen MR) is 72.1 cm³/mol. The second-order valence-electron chi connectivity index (χ2n) is 4.25. The van der Waals surface area contributed by atoms with E-state index < -0.39 is 34.8 Å². The van der Waals surface area contributed by atoms with E-state index in [2.05, 4.69) is 5.10 Å². The number of rotatable bonds is 4. The zero-order chi connectivity index (χ0) is 17.1. The van der Waals surface area contributed by atoms with E-state index in [0.717, 1.165) is 6.21 Å². The first-order chi connectivity index (χ1) is 10.9. The van der Waals surface area contributed by atoms with Gasteiger partial charge < -0.3 is 9.84 Å². The molecule has 0 unspecified atom stereocenters. The molecule has 4 nitrogen and oxygen atoms in total. The molecule has 0 amide bonds. The predicted octanol–water partition coefficient (Wildman–Crippen LogP) is 3.54. The first kappa shape index (κ1) is 16.5. The van der Waals surface area contributed by atoms with Gasteiger partial charge in [0.1, 0.15) is 5.69 Å². The molecule has 0 aliphatic heterocycles. The number of aromatic hydroxyl groups is 1. The van der Waals surface area contributed by atoms with Gasteiger partial charge in [-0.25, -0.2) is 22.0 Å². The Kier molecular flexibility index (Phi) is 4.68. The molecule has 0 aliphatic carbocycles. The topological polar surface area (TPSA) is 53.8 Å². The van der Waals surface area contributed by atoms with Crippen molar-refractivity contribution in [1.82, 2.24) is 0 Å². The largest absolute Gasteiger partial charge is 0.504 e. The third kappa shape index (κ3) is 3.17. The van der Waals surface area contributed by atoms with Crippen molar-refractivity contribution >= 4 is 11.9 Å². The lowest BCUT2D eigenvalue weighted by Crippen LogP contribution is -2.06. The first-order valence-electron chi connectivity index (χ1n) is 6.04. The normalized spacial score (nSPS) is 11.0. The van der Waals surface area contributed by atoms with Crippen LogP contribution in [-0.4, -0.2) is 18.4 Å². The molecule has 0 fully saturated rings. The number of nitrogens with one attached hydrogen (secondary N) is 1. The Labute approximate surface area is 126 Å². The van der Waals surface area contributed by atoms with Gasteiger partial charge in [-0.05, 0) is 23.8 Å². The second-order valence-corrected chi connectivity index (χ2v) is 4.25. The summed E-state index contributed by atoms with van der Waals surface area (Å²) in [6, 6.07) is 4.01. The van der Waals surface area contributed by atoms with Crippen LogP contribution in [0.15, 0.2) is 23.3 Å². The molecule has 0 radical (unpaired) electrons.